The number of nitriles is 1. The van der Waals surface area contributed by atoms with Crippen molar-refractivity contribution in [1.82, 2.24) is 24.1 Å². The first-order valence-electron chi connectivity index (χ1n) is 13.5. The number of nitrogens with zero attached hydrogens (tertiary/aromatic N) is 7. The fraction of sp³-hybridized carbons (Fsp3) is 0.462. The van der Waals surface area contributed by atoms with Crippen LogP contribution in [0, 0.1) is 11.3 Å². The van der Waals surface area contributed by atoms with Crippen molar-refractivity contribution in [2.45, 2.75) is 58.2 Å². The van der Waals surface area contributed by atoms with E-state index >= 15 is 0 Å². The first kappa shape index (κ1) is 20.0. The van der Waals surface area contributed by atoms with Crippen molar-refractivity contribution in [3.05, 3.63) is 57.6 Å². The van der Waals surface area contributed by atoms with Crippen LogP contribution in [0.2, 0.25) is 0 Å². The fourth-order valence-corrected chi connectivity index (χ4v) is 5.97. The predicted octanol–water partition coefficient (Wildman–Crippen LogP) is 4.15. The molecule has 0 saturated carbocycles. The molecule has 1 aliphatic heterocycles. The molecule has 0 bridgehead atoms. The van der Waals surface area contributed by atoms with E-state index in [1.807, 2.05) is 5.51 Å². The van der Waals surface area contributed by atoms with Crippen LogP contribution in [0.25, 0.3) is 15.9 Å². The number of hydrogen-bond acceptors (Lipinski definition) is 7. The third kappa shape index (κ3) is 4.11. The van der Waals surface area contributed by atoms with Gasteiger partial charge in [-0.25, -0.2) is 19.2 Å². The second kappa shape index (κ2) is 9.44. The van der Waals surface area contributed by atoms with Gasteiger partial charge < -0.3 is 4.90 Å². The lowest BCUT2D eigenvalue weighted by atomic mass is 9.96. The minimum atomic E-state index is -2.68. The number of imidazole rings is 1. The van der Waals surface area contributed by atoms with Crippen molar-refractivity contribution >= 4 is 32.9 Å². The topological polar surface area (TPSA) is 82.5 Å². The minimum absolute atomic E-state index is 0.0283. The number of anilines is 1. The van der Waals surface area contributed by atoms with Gasteiger partial charge in [-0.1, -0.05) is 19.9 Å². The van der Waals surface area contributed by atoms with Crippen molar-refractivity contribution in [2.24, 2.45) is 6.98 Å². The van der Waals surface area contributed by atoms with Gasteiger partial charge in [0.2, 0.25) is 0 Å². The molecule has 9 heteroatoms. The monoisotopic (exact) mass is 492 g/mol. The van der Waals surface area contributed by atoms with E-state index in [4.69, 9.17) is 4.11 Å². The molecular formula is C26H31N7OS. The molecule has 35 heavy (non-hydrogen) atoms. The highest BCUT2D eigenvalue weighted by Gasteiger charge is 2.36. The number of benzene rings is 1. The smallest absolute Gasteiger partial charge is 0.267 e. The van der Waals surface area contributed by atoms with Crippen LogP contribution in [0.15, 0.2) is 40.8 Å². The third-order valence-electron chi connectivity index (χ3n) is 7.24. The van der Waals surface area contributed by atoms with E-state index in [0.29, 0.717) is 23.6 Å². The Balaban J connectivity index is 1.55. The summed E-state index contributed by atoms with van der Waals surface area (Å²) < 4.78 is 27.0. The highest BCUT2D eigenvalue weighted by atomic mass is 32.1. The Labute approximate surface area is 213 Å². The zero-order chi connectivity index (χ0) is 27.2. The SMILES string of the molecule is [2H]C([2H])([2H])n1c(=O)cc(N2C[C@@H](CC)N(C(C)c3ccc4ncsc4c3)C[C@@H]2CC)c2nc(CC#N)cn21. The zero-order valence-electron chi connectivity index (χ0n) is 23.2. The molecule has 1 aromatic carbocycles. The Hall–Kier alpha value is -3.22. The summed E-state index contributed by atoms with van der Waals surface area (Å²) in [5.41, 5.74) is 4.95. The average Bonchev–Trinajstić information content (AvgIpc) is 3.52. The Morgan fingerprint density at radius 3 is 2.83 bits per heavy atom. The van der Waals surface area contributed by atoms with Crippen LogP contribution in [-0.2, 0) is 13.4 Å². The molecule has 1 fully saturated rings. The number of hydrogen-bond donors (Lipinski definition) is 0. The Kier molecular flexibility index (Phi) is 5.40. The maximum absolute atomic E-state index is 13.1. The summed E-state index contributed by atoms with van der Waals surface area (Å²) >= 11 is 1.65. The molecule has 0 aliphatic carbocycles. The van der Waals surface area contributed by atoms with Gasteiger partial charge in [-0.3, -0.25) is 9.69 Å². The molecule has 1 saturated heterocycles. The summed E-state index contributed by atoms with van der Waals surface area (Å²) in [7, 11) is 0. The Morgan fingerprint density at radius 1 is 1.26 bits per heavy atom. The van der Waals surface area contributed by atoms with E-state index in [9.17, 15) is 10.1 Å². The molecule has 0 N–H and O–H groups in total. The number of thiazole rings is 1. The van der Waals surface area contributed by atoms with E-state index in [0.717, 1.165) is 29.6 Å². The summed E-state index contributed by atoms with van der Waals surface area (Å²) in [6.45, 7) is 5.33. The van der Waals surface area contributed by atoms with Crippen LogP contribution in [-0.4, -0.2) is 49.2 Å². The van der Waals surface area contributed by atoms with Gasteiger partial charge in [0.25, 0.3) is 5.56 Å². The lowest BCUT2D eigenvalue weighted by Gasteiger charge is -2.49. The van der Waals surface area contributed by atoms with E-state index in [2.05, 4.69) is 64.8 Å². The second-order valence-electron chi connectivity index (χ2n) is 9.14. The normalized spacial score (nSPS) is 21.5. The molecule has 1 aliphatic rings. The zero-order valence-corrected chi connectivity index (χ0v) is 21.0. The van der Waals surface area contributed by atoms with Gasteiger partial charge in [0, 0.05) is 48.4 Å². The van der Waals surface area contributed by atoms with Crippen LogP contribution in [0.4, 0.5) is 5.69 Å². The highest BCUT2D eigenvalue weighted by molar-refractivity contribution is 7.16. The number of aromatic nitrogens is 4. The summed E-state index contributed by atoms with van der Waals surface area (Å²) in [5, 5.41) is 9.22. The van der Waals surface area contributed by atoms with Crippen LogP contribution in [0.5, 0.6) is 0 Å². The summed E-state index contributed by atoms with van der Waals surface area (Å²) in [6.07, 6.45) is 3.27. The molecule has 4 heterocycles. The third-order valence-corrected chi connectivity index (χ3v) is 8.03. The summed E-state index contributed by atoms with van der Waals surface area (Å²) in [6, 6.07) is 10.4. The minimum Gasteiger partial charge on any atom is -0.362 e. The quantitative estimate of drug-likeness (QED) is 0.402. The maximum Gasteiger partial charge on any atom is 0.267 e. The van der Waals surface area contributed by atoms with E-state index in [1.165, 1.54) is 27.0 Å². The van der Waals surface area contributed by atoms with Gasteiger partial charge in [0.1, 0.15) is 0 Å². The number of rotatable bonds is 6. The van der Waals surface area contributed by atoms with Crippen molar-refractivity contribution in [1.29, 1.82) is 5.26 Å². The molecule has 3 atom stereocenters. The first-order valence-corrected chi connectivity index (χ1v) is 12.9. The lowest BCUT2D eigenvalue weighted by molar-refractivity contribution is 0.101. The number of fused-ring (bicyclic) bond motifs is 2. The van der Waals surface area contributed by atoms with Crippen molar-refractivity contribution in [2.75, 3.05) is 18.0 Å². The predicted molar refractivity (Wildman–Crippen MR) is 140 cm³/mol. The van der Waals surface area contributed by atoms with Gasteiger partial charge in [0.05, 0.1) is 45.8 Å². The first-order chi connectivity index (χ1) is 18.2. The standard InChI is InChI=1S/C26H31N7OS/c1-5-20-15-32(23-12-25(34)30(4)33-13-19(9-10-27)29-26(23)33)21(6-2)14-31(20)17(3)18-7-8-22-24(11-18)35-16-28-22/h7-8,11-13,16-17,20-21H,5-6,9,14-15H2,1-4H3/t17?,20-,21+/m1/s1/i4D3. The van der Waals surface area contributed by atoms with E-state index in [1.54, 1.807) is 11.3 Å². The van der Waals surface area contributed by atoms with Gasteiger partial charge in [0.15, 0.2) is 5.65 Å². The Morgan fingerprint density at radius 2 is 2.09 bits per heavy atom. The molecule has 1 unspecified atom stereocenters. The largest absolute Gasteiger partial charge is 0.362 e. The Bertz CT molecular complexity index is 1570. The van der Waals surface area contributed by atoms with Crippen LogP contribution >= 0.6 is 11.3 Å². The molecule has 3 aromatic heterocycles. The van der Waals surface area contributed by atoms with Gasteiger partial charge in [-0.15, -0.1) is 11.3 Å². The van der Waals surface area contributed by atoms with Crippen molar-refractivity contribution in [3.8, 4) is 6.07 Å². The van der Waals surface area contributed by atoms with Crippen LogP contribution in [0.3, 0.4) is 0 Å². The van der Waals surface area contributed by atoms with Crippen molar-refractivity contribution < 1.29 is 4.11 Å². The van der Waals surface area contributed by atoms with Gasteiger partial charge in [-0.2, -0.15) is 5.26 Å². The second-order valence-corrected chi connectivity index (χ2v) is 10.0. The van der Waals surface area contributed by atoms with Gasteiger partial charge in [-0.05, 0) is 37.5 Å². The van der Waals surface area contributed by atoms with Crippen molar-refractivity contribution in [3.63, 3.8) is 0 Å². The lowest BCUT2D eigenvalue weighted by Crippen LogP contribution is -2.59. The average molecular weight is 493 g/mol. The molecule has 4 aromatic rings. The fourth-order valence-electron chi connectivity index (χ4n) is 5.25. The molecule has 182 valence electrons. The molecule has 0 spiro atoms. The molecule has 5 rings (SSSR count). The molecule has 8 nitrogen and oxygen atoms in total. The molecule has 0 amide bonds. The maximum atomic E-state index is 13.1. The molecule has 0 radical (unpaired) electrons. The molecular weight excluding hydrogens is 458 g/mol. The summed E-state index contributed by atoms with van der Waals surface area (Å²) in [4.78, 5) is 26.9. The number of aryl methyl sites for hydroxylation is 1. The van der Waals surface area contributed by atoms with Crippen LogP contribution in [0.1, 0.15) is 55.0 Å². The highest BCUT2D eigenvalue weighted by Crippen LogP contribution is 2.34. The number of piperazine rings is 1. The van der Waals surface area contributed by atoms with E-state index < -0.39 is 12.5 Å². The van der Waals surface area contributed by atoms with Crippen LogP contribution < -0.4 is 10.5 Å². The van der Waals surface area contributed by atoms with E-state index in [-0.39, 0.29) is 24.5 Å². The summed E-state index contributed by atoms with van der Waals surface area (Å²) in [5.74, 6) is 0. The van der Waals surface area contributed by atoms with Gasteiger partial charge >= 0.3 is 0 Å².